The van der Waals surface area contributed by atoms with Crippen molar-refractivity contribution in [3.05, 3.63) is 122 Å². The molecular formula is C77H131NO13. The molecule has 0 aromatic carbocycles. The van der Waals surface area contributed by atoms with Crippen LogP contribution in [-0.2, 0) is 23.7 Å². The van der Waals surface area contributed by atoms with E-state index in [1.54, 1.807) is 6.08 Å². The number of rotatable bonds is 58. The Morgan fingerprint density at radius 2 is 0.769 bits per heavy atom. The molecular weight excluding hydrogens is 1150 g/mol. The third kappa shape index (κ3) is 43.9. The first kappa shape index (κ1) is 83.5. The molecule has 2 fully saturated rings. The Morgan fingerprint density at radius 3 is 1.21 bits per heavy atom. The number of allylic oxidation sites excluding steroid dienone is 19. The number of carbonyl (C=O) groups is 1. The van der Waals surface area contributed by atoms with Crippen LogP contribution in [0.1, 0.15) is 264 Å². The Bertz CT molecular complexity index is 1990. The van der Waals surface area contributed by atoms with Gasteiger partial charge < -0.3 is 65.1 Å². The number of ether oxygens (including phenoxy) is 4. The lowest BCUT2D eigenvalue weighted by Crippen LogP contribution is -2.65. The molecule has 2 heterocycles. The zero-order valence-electron chi connectivity index (χ0n) is 56.8. The molecule has 1 amide bonds. The maximum Gasteiger partial charge on any atom is 0.220 e. The zero-order chi connectivity index (χ0) is 65.9. The number of nitrogens with one attached hydrogen (secondary N) is 1. The van der Waals surface area contributed by atoms with Gasteiger partial charge in [-0.3, -0.25) is 4.79 Å². The molecule has 91 heavy (non-hydrogen) atoms. The number of carbonyl (C=O) groups excluding carboxylic acids is 1. The predicted octanol–water partition coefficient (Wildman–Crippen LogP) is 15.3. The molecule has 0 aliphatic carbocycles. The van der Waals surface area contributed by atoms with E-state index in [1.807, 2.05) is 6.08 Å². The number of hydrogen-bond acceptors (Lipinski definition) is 13. The highest BCUT2D eigenvalue weighted by atomic mass is 16.7. The van der Waals surface area contributed by atoms with Gasteiger partial charge >= 0.3 is 0 Å². The van der Waals surface area contributed by atoms with Gasteiger partial charge in [0, 0.05) is 6.42 Å². The van der Waals surface area contributed by atoms with Gasteiger partial charge in [0.25, 0.3) is 0 Å². The molecule has 2 aliphatic rings. The van der Waals surface area contributed by atoms with Crippen LogP contribution in [0.15, 0.2) is 122 Å². The molecule has 2 rings (SSSR count). The smallest absolute Gasteiger partial charge is 0.220 e. The van der Waals surface area contributed by atoms with Crippen molar-refractivity contribution in [3.63, 3.8) is 0 Å². The first-order chi connectivity index (χ1) is 44.6. The van der Waals surface area contributed by atoms with Gasteiger partial charge in [-0.05, 0) is 103 Å². The minimum atomic E-state index is -1.80. The largest absolute Gasteiger partial charge is 0.394 e. The normalized spacial score (nSPS) is 23.5. The summed E-state index contributed by atoms with van der Waals surface area (Å²) in [5.74, 6) is -0.288. The number of aliphatic hydroxyl groups is 8. The van der Waals surface area contributed by atoms with E-state index in [1.165, 1.54) is 141 Å². The van der Waals surface area contributed by atoms with Gasteiger partial charge in [-0.1, -0.05) is 277 Å². The molecule has 0 spiro atoms. The van der Waals surface area contributed by atoms with Crippen LogP contribution in [-0.4, -0.2) is 140 Å². The summed E-state index contributed by atoms with van der Waals surface area (Å²) in [5, 5.41) is 87.4. The molecule has 0 bridgehead atoms. The monoisotopic (exact) mass is 1280 g/mol. The first-order valence-corrected chi connectivity index (χ1v) is 36.3. The summed E-state index contributed by atoms with van der Waals surface area (Å²) < 4.78 is 22.8. The highest BCUT2D eigenvalue weighted by Gasteiger charge is 2.51. The van der Waals surface area contributed by atoms with Crippen LogP contribution in [0, 0.1) is 0 Å². The van der Waals surface area contributed by atoms with E-state index in [-0.39, 0.29) is 18.9 Å². The van der Waals surface area contributed by atoms with Crippen LogP contribution < -0.4 is 5.32 Å². The minimum absolute atomic E-state index is 0.222. The highest BCUT2D eigenvalue weighted by Crippen LogP contribution is 2.30. The number of amides is 1. The van der Waals surface area contributed by atoms with E-state index in [4.69, 9.17) is 18.9 Å². The van der Waals surface area contributed by atoms with Crippen molar-refractivity contribution in [1.29, 1.82) is 0 Å². The van der Waals surface area contributed by atoms with Crippen molar-refractivity contribution >= 4 is 5.91 Å². The topological polar surface area (TPSA) is 228 Å². The molecule has 2 aliphatic heterocycles. The Labute approximate surface area is 552 Å². The van der Waals surface area contributed by atoms with E-state index in [0.717, 1.165) is 89.9 Å². The Morgan fingerprint density at radius 1 is 0.407 bits per heavy atom. The second-order valence-corrected chi connectivity index (χ2v) is 25.0. The summed E-state index contributed by atoms with van der Waals surface area (Å²) in [4.78, 5) is 13.3. The fourth-order valence-electron chi connectivity index (χ4n) is 11.1. The molecule has 0 aromatic rings. The zero-order valence-corrected chi connectivity index (χ0v) is 56.8. The van der Waals surface area contributed by atoms with Gasteiger partial charge in [0.1, 0.15) is 48.8 Å². The minimum Gasteiger partial charge on any atom is -0.394 e. The molecule has 12 unspecified atom stereocenters. The van der Waals surface area contributed by atoms with Crippen LogP contribution in [0.4, 0.5) is 0 Å². The summed E-state index contributed by atoms with van der Waals surface area (Å²) in [6.45, 7) is 2.65. The number of unbranched alkanes of at least 4 members (excludes halogenated alkanes) is 27. The predicted molar refractivity (Wildman–Crippen MR) is 373 cm³/mol. The molecule has 9 N–H and O–H groups in total. The molecule has 12 atom stereocenters. The maximum absolute atomic E-state index is 13.3. The van der Waals surface area contributed by atoms with E-state index < -0.39 is 86.8 Å². The van der Waals surface area contributed by atoms with Crippen molar-refractivity contribution in [3.8, 4) is 0 Å². The summed E-state index contributed by atoms with van der Waals surface area (Å²) in [7, 11) is 0. The van der Waals surface area contributed by atoms with Gasteiger partial charge in [-0.2, -0.15) is 0 Å². The van der Waals surface area contributed by atoms with Gasteiger partial charge in [0.15, 0.2) is 12.6 Å². The Balaban J connectivity index is 1.72. The van der Waals surface area contributed by atoms with Crippen LogP contribution in [0.25, 0.3) is 0 Å². The SMILES string of the molecule is CC/C=C\C/C=C\C/C=C\C/C=C\C/C=C\C/C=C\C/C=C\CCCCCC(=O)NC(COC1OC(CO)C(OC2OC(CO)C(O)C(O)C2O)C(O)C1O)C(O)/C=C/CC/C=C/CC/C=C/CCCCCCCCCCCCCCCCCCCCCCCC. The summed E-state index contributed by atoms with van der Waals surface area (Å²) in [6, 6.07) is -0.968. The Hall–Kier alpha value is -3.61. The third-order valence-corrected chi connectivity index (χ3v) is 16.9. The first-order valence-electron chi connectivity index (χ1n) is 36.3. The highest BCUT2D eigenvalue weighted by molar-refractivity contribution is 5.76. The van der Waals surface area contributed by atoms with Gasteiger partial charge in [0.05, 0.1) is 32.0 Å². The second-order valence-electron chi connectivity index (χ2n) is 25.0. The molecule has 522 valence electrons. The third-order valence-electron chi connectivity index (χ3n) is 16.9. The van der Waals surface area contributed by atoms with Crippen LogP contribution in [0.3, 0.4) is 0 Å². The van der Waals surface area contributed by atoms with E-state index in [2.05, 4.69) is 129 Å². The quantitative estimate of drug-likeness (QED) is 0.0204. The maximum atomic E-state index is 13.3. The van der Waals surface area contributed by atoms with Crippen molar-refractivity contribution in [2.24, 2.45) is 0 Å². The van der Waals surface area contributed by atoms with Crippen molar-refractivity contribution in [2.45, 2.75) is 338 Å². The molecule has 0 radical (unpaired) electrons. The lowest BCUT2D eigenvalue weighted by atomic mass is 9.97. The summed E-state index contributed by atoms with van der Waals surface area (Å²) in [5.41, 5.74) is 0. The lowest BCUT2D eigenvalue weighted by Gasteiger charge is -2.46. The fraction of sp³-hybridized carbons (Fsp3) is 0.727. The van der Waals surface area contributed by atoms with Crippen molar-refractivity contribution < 1.29 is 64.6 Å². The average Bonchev–Trinajstić information content (AvgIpc) is 1.15. The molecule has 0 saturated carbocycles. The van der Waals surface area contributed by atoms with Crippen molar-refractivity contribution in [1.82, 2.24) is 5.32 Å². The van der Waals surface area contributed by atoms with Crippen LogP contribution in [0.2, 0.25) is 0 Å². The van der Waals surface area contributed by atoms with E-state index in [0.29, 0.717) is 12.8 Å². The molecule has 14 heteroatoms. The van der Waals surface area contributed by atoms with Crippen LogP contribution >= 0.6 is 0 Å². The Kier molecular flexibility index (Phi) is 55.1. The average molecular weight is 1280 g/mol. The summed E-state index contributed by atoms with van der Waals surface area (Å²) >= 11 is 0. The number of aliphatic hydroxyl groups excluding tert-OH is 8. The van der Waals surface area contributed by atoms with Crippen LogP contribution in [0.5, 0.6) is 0 Å². The summed E-state index contributed by atoms with van der Waals surface area (Å²) in [6.07, 6.45) is 71.2. The molecule has 14 nitrogen and oxygen atoms in total. The van der Waals surface area contributed by atoms with E-state index in [9.17, 15) is 45.6 Å². The van der Waals surface area contributed by atoms with Gasteiger partial charge in [-0.15, -0.1) is 0 Å². The molecule has 0 aromatic heterocycles. The van der Waals surface area contributed by atoms with Crippen molar-refractivity contribution in [2.75, 3.05) is 19.8 Å². The lowest BCUT2D eigenvalue weighted by molar-refractivity contribution is -0.359. The second kappa shape index (κ2) is 60.1. The van der Waals surface area contributed by atoms with E-state index >= 15 is 0 Å². The van der Waals surface area contributed by atoms with Gasteiger partial charge in [0.2, 0.25) is 5.91 Å². The standard InChI is InChI=1S/C77H131NO13/c1-3-5-7-9-11-13-15-17-19-21-23-25-27-29-30-31-32-33-34-35-37-38-40-42-44-46-48-50-52-54-56-58-60-66(81)65(64-88-76-74(87)72(85)75(68(63-80)90-76)91-77-73(86)71(84)70(83)67(62-79)89-77)78-69(82)61-59-57-55-53-51-49-47-45-43-41-39-36-28-26-24-22-20-18-16-14-12-10-8-6-4-2/h6,8,12,14,18,20,24,26,36,39,42-45,49-52,58,60,65-68,70-77,79-81,83-87H,3-5,7,9-11,13,15-17,19,21-23,25,27-35,37-38,40-41,46-48,53-57,59,61-64H2,1-2H3,(H,78,82)/b8-6-,14-12-,20-18-,26-24-,39-36-,44-42+,45-43-,51-49-,52-50+,60-58+. The number of hydrogen-bond donors (Lipinski definition) is 9. The van der Waals surface area contributed by atoms with Gasteiger partial charge in [-0.25, -0.2) is 0 Å². The fourth-order valence-corrected chi connectivity index (χ4v) is 11.1. The molecule has 2 saturated heterocycles.